The zero-order valence-electron chi connectivity index (χ0n) is 16.8. The summed E-state index contributed by atoms with van der Waals surface area (Å²) >= 11 is 0. The molecular weight excluding hydrogens is 402 g/mol. The highest BCUT2D eigenvalue weighted by Crippen LogP contribution is 2.19. The van der Waals surface area contributed by atoms with Crippen molar-refractivity contribution in [1.29, 1.82) is 0 Å². The fourth-order valence-corrected chi connectivity index (χ4v) is 3.93. The van der Waals surface area contributed by atoms with E-state index in [1.807, 2.05) is 13.8 Å². The first-order valence-electron chi connectivity index (χ1n) is 9.87. The Labute approximate surface area is 176 Å². The van der Waals surface area contributed by atoms with Crippen LogP contribution < -0.4 is 10.6 Å². The van der Waals surface area contributed by atoms with Crippen LogP contribution in [-0.4, -0.2) is 73.0 Å². The monoisotopic (exact) mass is 430 g/mol. The number of hydrogen-bond acceptors (Lipinski definition) is 4. The maximum absolute atomic E-state index is 13.9. The number of piperazine rings is 1. The van der Waals surface area contributed by atoms with E-state index in [-0.39, 0.29) is 24.2 Å². The molecule has 162 valence electrons. The molecule has 2 fully saturated rings. The molecular formula is C20H29ClF2N4O2. The van der Waals surface area contributed by atoms with Crippen molar-refractivity contribution in [3.05, 3.63) is 35.4 Å². The van der Waals surface area contributed by atoms with Crippen LogP contribution in [0.1, 0.15) is 30.6 Å². The van der Waals surface area contributed by atoms with Gasteiger partial charge in [0.1, 0.15) is 23.2 Å². The highest BCUT2D eigenvalue weighted by Gasteiger charge is 2.36. The van der Waals surface area contributed by atoms with Crippen molar-refractivity contribution in [3.63, 3.8) is 0 Å². The van der Waals surface area contributed by atoms with Crippen LogP contribution in [0.5, 0.6) is 0 Å². The number of benzene rings is 1. The standard InChI is InChI=1S/C20H28F2N4O2.ClH/c1-13(2)18(24-19(27)17-15(21)4-3-5-16(17)22)20(28)26-9-6-14(12-26)25-10-7-23-8-11-25;/h3-5,13-14,18,23H,6-12H2,1-2H3,(H,24,27);1H. The van der Waals surface area contributed by atoms with Crippen LogP contribution in [0.25, 0.3) is 0 Å². The normalized spacial score (nSPS) is 21.0. The Morgan fingerprint density at radius 1 is 1.14 bits per heavy atom. The third-order valence-electron chi connectivity index (χ3n) is 5.55. The van der Waals surface area contributed by atoms with Crippen molar-refractivity contribution in [1.82, 2.24) is 20.4 Å². The molecule has 0 bridgehead atoms. The number of hydrogen-bond donors (Lipinski definition) is 2. The molecule has 2 unspecified atom stereocenters. The van der Waals surface area contributed by atoms with E-state index in [0.29, 0.717) is 19.1 Å². The number of rotatable bonds is 5. The van der Waals surface area contributed by atoms with Crippen LogP contribution in [-0.2, 0) is 4.79 Å². The summed E-state index contributed by atoms with van der Waals surface area (Å²) in [4.78, 5) is 29.6. The lowest BCUT2D eigenvalue weighted by atomic mass is 10.0. The average molecular weight is 431 g/mol. The number of amides is 2. The molecule has 0 aliphatic carbocycles. The van der Waals surface area contributed by atoms with Gasteiger partial charge in [-0.3, -0.25) is 14.5 Å². The lowest BCUT2D eigenvalue weighted by molar-refractivity contribution is -0.133. The molecule has 2 aliphatic rings. The molecule has 29 heavy (non-hydrogen) atoms. The third kappa shape index (κ3) is 5.43. The first-order valence-corrected chi connectivity index (χ1v) is 9.87. The van der Waals surface area contributed by atoms with Crippen LogP contribution in [0.4, 0.5) is 8.78 Å². The molecule has 2 aliphatic heterocycles. The van der Waals surface area contributed by atoms with Crippen molar-refractivity contribution in [2.45, 2.75) is 32.4 Å². The van der Waals surface area contributed by atoms with Gasteiger partial charge in [0, 0.05) is 45.3 Å². The summed E-state index contributed by atoms with van der Waals surface area (Å²) in [6.07, 6.45) is 0.895. The molecule has 1 aromatic rings. The van der Waals surface area contributed by atoms with Gasteiger partial charge in [-0.2, -0.15) is 0 Å². The molecule has 2 N–H and O–H groups in total. The summed E-state index contributed by atoms with van der Waals surface area (Å²) in [5.41, 5.74) is -0.652. The van der Waals surface area contributed by atoms with Gasteiger partial charge in [-0.05, 0) is 24.5 Å². The van der Waals surface area contributed by atoms with Crippen molar-refractivity contribution in [3.8, 4) is 0 Å². The zero-order valence-corrected chi connectivity index (χ0v) is 17.6. The maximum atomic E-state index is 13.9. The van der Waals surface area contributed by atoms with E-state index in [1.54, 1.807) is 4.90 Å². The highest BCUT2D eigenvalue weighted by molar-refractivity contribution is 5.98. The van der Waals surface area contributed by atoms with Crippen molar-refractivity contribution in [2.24, 2.45) is 5.92 Å². The Morgan fingerprint density at radius 2 is 1.76 bits per heavy atom. The fraction of sp³-hybridized carbons (Fsp3) is 0.600. The second-order valence-electron chi connectivity index (χ2n) is 7.80. The smallest absolute Gasteiger partial charge is 0.257 e. The quantitative estimate of drug-likeness (QED) is 0.745. The SMILES string of the molecule is CC(C)C(NC(=O)c1c(F)cccc1F)C(=O)N1CCC(N2CCNCC2)C1.Cl. The summed E-state index contributed by atoms with van der Waals surface area (Å²) in [6.45, 7) is 8.68. The van der Waals surface area contributed by atoms with Crippen LogP contribution >= 0.6 is 12.4 Å². The summed E-state index contributed by atoms with van der Waals surface area (Å²) < 4.78 is 27.8. The zero-order chi connectivity index (χ0) is 20.3. The molecule has 2 atom stereocenters. The number of carbonyl (C=O) groups excluding carboxylic acids is 2. The Hall–Kier alpha value is -1.77. The minimum Gasteiger partial charge on any atom is -0.340 e. The number of carbonyl (C=O) groups is 2. The van der Waals surface area contributed by atoms with Gasteiger partial charge in [0.05, 0.1) is 0 Å². The van der Waals surface area contributed by atoms with E-state index in [0.717, 1.165) is 44.7 Å². The first-order chi connectivity index (χ1) is 13.4. The second kappa shape index (κ2) is 10.3. The molecule has 2 amide bonds. The molecule has 3 rings (SSSR count). The van der Waals surface area contributed by atoms with E-state index in [4.69, 9.17) is 0 Å². The summed E-state index contributed by atoms with van der Waals surface area (Å²) in [5.74, 6) is -3.18. The lowest BCUT2D eigenvalue weighted by Crippen LogP contribution is -2.52. The molecule has 0 radical (unpaired) electrons. The topological polar surface area (TPSA) is 64.7 Å². The van der Waals surface area contributed by atoms with E-state index < -0.39 is 29.1 Å². The Morgan fingerprint density at radius 3 is 2.34 bits per heavy atom. The second-order valence-corrected chi connectivity index (χ2v) is 7.80. The summed E-state index contributed by atoms with van der Waals surface area (Å²) in [7, 11) is 0. The summed E-state index contributed by atoms with van der Waals surface area (Å²) in [5, 5.41) is 5.87. The minimum atomic E-state index is -0.938. The number of likely N-dealkylation sites (tertiary alicyclic amines) is 1. The molecule has 6 nitrogen and oxygen atoms in total. The molecule has 2 heterocycles. The first kappa shape index (κ1) is 23.5. The third-order valence-corrected chi connectivity index (χ3v) is 5.55. The predicted molar refractivity (Wildman–Crippen MR) is 109 cm³/mol. The summed E-state index contributed by atoms with van der Waals surface area (Å²) in [6, 6.07) is 2.75. The van der Waals surface area contributed by atoms with E-state index in [2.05, 4.69) is 15.5 Å². The molecule has 1 aromatic carbocycles. The Kier molecular flexibility index (Phi) is 8.36. The van der Waals surface area contributed by atoms with Crippen molar-refractivity contribution in [2.75, 3.05) is 39.3 Å². The van der Waals surface area contributed by atoms with Gasteiger partial charge in [-0.1, -0.05) is 19.9 Å². The van der Waals surface area contributed by atoms with Gasteiger partial charge < -0.3 is 15.5 Å². The number of nitrogens with one attached hydrogen (secondary N) is 2. The van der Waals surface area contributed by atoms with Crippen LogP contribution in [0.2, 0.25) is 0 Å². The molecule has 2 saturated heterocycles. The molecule has 0 saturated carbocycles. The van der Waals surface area contributed by atoms with Gasteiger partial charge in [0.15, 0.2) is 0 Å². The van der Waals surface area contributed by atoms with E-state index >= 15 is 0 Å². The van der Waals surface area contributed by atoms with Gasteiger partial charge in [-0.15, -0.1) is 12.4 Å². The van der Waals surface area contributed by atoms with Gasteiger partial charge >= 0.3 is 0 Å². The predicted octanol–water partition coefficient (Wildman–Crippen LogP) is 1.65. The van der Waals surface area contributed by atoms with Gasteiger partial charge in [0.2, 0.25) is 5.91 Å². The lowest BCUT2D eigenvalue weighted by Gasteiger charge is -2.33. The van der Waals surface area contributed by atoms with Crippen LogP contribution in [0.3, 0.4) is 0 Å². The van der Waals surface area contributed by atoms with E-state index in [1.165, 1.54) is 6.07 Å². The molecule has 9 heteroatoms. The fourth-order valence-electron chi connectivity index (χ4n) is 3.93. The van der Waals surface area contributed by atoms with E-state index in [9.17, 15) is 18.4 Å². The average Bonchev–Trinajstić information content (AvgIpc) is 3.16. The largest absolute Gasteiger partial charge is 0.340 e. The number of nitrogens with zero attached hydrogens (tertiary/aromatic N) is 2. The van der Waals surface area contributed by atoms with Crippen LogP contribution in [0.15, 0.2) is 18.2 Å². The van der Waals surface area contributed by atoms with Gasteiger partial charge in [0.25, 0.3) is 5.91 Å². The maximum Gasteiger partial charge on any atom is 0.257 e. The Bertz CT molecular complexity index is 708. The Balaban J connectivity index is 0.00000300. The number of halogens is 3. The van der Waals surface area contributed by atoms with Crippen molar-refractivity contribution < 1.29 is 18.4 Å². The highest BCUT2D eigenvalue weighted by atomic mass is 35.5. The van der Waals surface area contributed by atoms with Crippen molar-refractivity contribution >= 4 is 24.2 Å². The molecule has 0 aromatic heterocycles. The molecule has 0 spiro atoms. The minimum absolute atomic E-state index is 0. The van der Waals surface area contributed by atoms with Gasteiger partial charge in [-0.25, -0.2) is 8.78 Å². The van der Waals surface area contributed by atoms with Crippen LogP contribution in [0, 0.1) is 17.6 Å².